The third kappa shape index (κ3) is 4.23. The van der Waals surface area contributed by atoms with E-state index in [0.717, 1.165) is 65.8 Å². The van der Waals surface area contributed by atoms with Crippen molar-refractivity contribution in [1.82, 2.24) is 19.4 Å². The first kappa shape index (κ1) is 22.3. The Hall–Kier alpha value is -2.88. The molecule has 4 rings (SSSR count). The standard InChI is InChI=1S/C28H36N4/c1-7-23-16-25(22(6)31-14-10-11-19(3)18-31)17-26-27(23)32(8-2)28(30-26)20(4)15-24-12-9-13-29-21(24)5/h9,12-13,15-17,19H,6-8,10-11,14,18H2,1-5H3/b20-15+. The molecule has 0 radical (unpaired) electrons. The second kappa shape index (κ2) is 9.32. The van der Waals surface area contributed by atoms with Gasteiger partial charge in [0.25, 0.3) is 0 Å². The van der Waals surface area contributed by atoms with Gasteiger partial charge < -0.3 is 9.47 Å². The molecule has 4 nitrogen and oxygen atoms in total. The van der Waals surface area contributed by atoms with Crippen molar-refractivity contribution in [3.8, 4) is 0 Å². The summed E-state index contributed by atoms with van der Waals surface area (Å²) in [5.74, 6) is 1.76. The minimum Gasteiger partial charge on any atom is -0.371 e. The molecule has 0 saturated carbocycles. The second-order valence-electron chi connectivity index (χ2n) is 9.18. The lowest BCUT2D eigenvalue weighted by atomic mass is 9.97. The van der Waals surface area contributed by atoms with Crippen LogP contribution >= 0.6 is 0 Å². The van der Waals surface area contributed by atoms with E-state index in [1.807, 2.05) is 12.3 Å². The number of likely N-dealkylation sites (tertiary alicyclic amines) is 1. The number of benzene rings is 1. The molecule has 2 aromatic heterocycles. The van der Waals surface area contributed by atoms with Crippen LogP contribution in [0.25, 0.3) is 28.4 Å². The number of nitrogens with zero attached hydrogens (tertiary/aromatic N) is 4. The summed E-state index contributed by atoms with van der Waals surface area (Å²) in [6.07, 6.45) is 7.58. The van der Waals surface area contributed by atoms with Gasteiger partial charge >= 0.3 is 0 Å². The summed E-state index contributed by atoms with van der Waals surface area (Å²) >= 11 is 0. The summed E-state index contributed by atoms with van der Waals surface area (Å²) < 4.78 is 2.36. The summed E-state index contributed by atoms with van der Waals surface area (Å²) in [7, 11) is 0. The Kier molecular flexibility index (Phi) is 6.50. The van der Waals surface area contributed by atoms with E-state index in [2.05, 4.69) is 79.9 Å². The van der Waals surface area contributed by atoms with Crippen molar-refractivity contribution < 1.29 is 0 Å². The zero-order valence-electron chi connectivity index (χ0n) is 20.3. The number of imidazole rings is 1. The lowest BCUT2D eigenvalue weighted by molar-refractivity contribution is 0.261. The Bertz CT molecular complexity index is 1170. The Balaban J connectivity index is 1.79. The molecule has 32 heavy (non-hydrogen) atoms. The fraction of sp³-hybridized carbons (Fsp3) is 0.429. The summed E-state index contributed by atoms with van der Waals surface area (Å²) in [5.41, 5.74) is 9.35. The normalized spacial score (nSPS) is 17.2. The highest BCUT2D eigenvalue weighted by molar-refractivity contribution is 5.88. The molecule has 1 aliphatic heterocycles. The Labute approximate surface area is 192 Å². The fourth-order valence-electron chi connectivity index (χ4n) is 4.96. The molecule has 1 saturated heterocycles. The number of hydrogen-bond donors (Lipinski definition) is 0. The maximum atomic E-state index is 5.14. The molecule has 0 bridgehead atoms. The van der Waals surface area contributed by atoms with Crippen LogP contribution in [0.15, 0.2) is 37.0 Å². The molecule has 168 valence electrons. The van der Waals surface area contributed by atoms with E-state index in [4.69, 9.17) is 4.98 Å². The molecule has 1 aliphatic rings. The molecular weight excluding hydrogens is 392 g/mol. The number of piperidine rings is 1. The zero-order chi connectivity index (χ0) is 22.8. The van der Waals surface area contributed by atoms with Crippen LogP contribution in [0.4, 0.5) is 0 Å². The van der Waals surface area contributed by atoms with Gasteiger partial charge in [-0.15, -0.1) is 0 Å². The monoisotopic (exact) mass is 428 g/mol. The van der Waals surface area contributed by atoms with Crippen LogP contribution in [0.3, 0.4) is 0 Å². The second-order valence-corrected chi connectivity index (χ2v) is 9.18. The number of pyridine rings is 1. The Morgan fingerprint density at radius 3 is 2.78 bits per heavy atom. The number of hydrogen-bond acceptors (Lipinski definition) is 3. The molecule has 0 N–H and O–H groups in total. The van der Waals surface area contributed by atoms with Crippen LogP contribution in [0, 0.1) is 12.8 Å². The van der Waals surface area contributed by atoms with Crippen molar-refractivity contribution in [1.29, 1.82) is 0 Å². The molecule has 1 aromatic carbocycles. The lowest BCUT2D eigenvalue weighted by Crippen LogP contribution is -2.32. The number of fused-ring (bicyclic) bond motifs is 1. The quantitative estimate of drug-likeness (QED) is 0.444. The zero-order valence-corrected chi connectivity index (χ0v) is 20.3. The summed E-state index contributed by atoms with van der Waals surface area (Å²) in [5, 5.41) is 0. The molecule has 0 aliphatic carbocycles. The van der Waals surface area contributed by atoms with Gasteiger partial charge in [-0.25, -0.2) is 4.98 Å². The highest BCUT2D eigenvalue weighted by atomic mass is 15.1. The van der Waals surface area contributed by atoms with Crippen LogP contribution in [-0.2, 0) is 13.0 Å². The minimum absolute atomic E-state index is 0.726. The Morgan fingerprint density at radius 2 is 2.09 bits per heavy atom. The molecule has 3 aromatic rings. The molecule has 3 heterocycles. The highest BCUT2D eigenvalue weighted by Crippen LogP contribution is 2.32. The van der Waals surface area contributed by atoms with Crippen molar-refractivity contribution in [2.24, 2.45) is 5.92 Å². The van der Waals surface area contributed by atoms with Crippen LogP contribution in [0.1, 0.15) is 68.7 Å². The van der Waals surface area contributed by atoms with E-state index in [1.54, 1.807) is 0 Å². The molecule has 0 amide bonds. The van der Waals surface area contributed by atoms with E-state index in [-0.39, 0.29) is 0 Å². The average Bonchev–Trinajstić information content (AvgIpc) is 3.18. The van der Waals surface area contributed by atoms with Crippen molar-refractivity contribution in [2.75, 3.05) is 13.1 Å². The third-order valence-electron chi connectivity index (χ3n) is 6.76. The van der Waals surface area contributed by atoms with E-state index < -0.39 is 0 Å². The minimum atomic E-state index is 0.726. The van der Waals surface area contributed by atoms with Gasteiger partial charge in [-0.1, -0.05) is 26.5 Å². The van der Waals surface area contributed by atoms with Crippen LogP contribution < -0.4 is 0 Å². The van der Waals surface area contributed by atoms with Crippen molar-refractivity contribution in [3.05, 3.63) is 65.2 Å². The van der Waals surface area contributed by atoms with E-state index in [0.29, 0.717) is 0 Å². The van der Waals surface area contributed by atoms with E-state index >= 15 is 0 Å². The van der Waals surface area contributed by atoms with Gasteiger partial charge in [-0.2, -0.15) is 0 Å². The summed E-state index contributed by atoms with van der Waals surface area (Å²) in [6.45, 7) is 18.6. The van der Waals surface area contributed by atoms with Crippen molar-refractivity contribution in [3.63, 3.8) is 0 Å². The average molecular weight is 429 g/mol. The molecular formula is C28H36N4. The van der Waals surface area contributed by atoms with Crippen LogP contribution in [-0.4, -0.2) is 32.5 Å². The lowest BCUT2D eigenvalue weighted by Gasteiger charge is -2.34. The van der Waals surface area contributed by atoms with E-state index in [9.17, 15) is 0 Å². The van der Waals surface area contributed by atoms with Crippen molar-refractivity contribution >= 4 is 28.4 Å². The van der Waals surface area contributed by atoms with Gasteiger partial charge in [0.05, 0.1) is 11.0 Å². The molecule has 1 fully saturated rings. The summed E-state index contributed by atoms with van der Waals surface area (Å²) in [4.78, 5) is 12.0. The molecule has 4 heteroatoms. The topological polar surface area (TPSA) is 34.0 Å². The number of allylic oxidation sites excluding steroid dienone is 1. The van der Waals surface area contributed by atoms with Gasteiger partial charge in [0.15, 0.2) is 0 Å². The number of rotatable bonds is 6. The SMILES string of the molecule is C=C(c1cc(CC)c2c(c1)nc(/C(C)=C/c1cccnc1C)n2CC)N1CCCC(C)C1. The number of aromatic nitrogens is 3. The molecule has 0 spiro atoms. The fourth-order valence-corrected chi connectivity index (χ4v) is 4.96. The maximum absolute atomic E-state index is 5.14. The molecule has 1 unspecified atom stereocenters. The third-order valence-corrected chi connectivity index (χ3v) is 6.76. The van der Waals surface area contributed by atoms with Gasteiger partial charge in [0.1, 0.15) is 5.82 Å². The number of aryl methyl sites for hydroxylation is 3. The highest BCUT2D eigenvalue weighted by Gasteiger charge is 2.21. The smallest absolute Gasteiger partial charge is 0.136 e. The maximum Gasteiger partial charge on any atom is 0.136 e. The van der Waals surface area contributed by atoms with Crippen LogP contribution in [0.2, 0.25) is 0 Å². The summed E-state index contributed by atoms with van der Waals surface area (Å²) in [6, 6.07) is 8.69. The van der Waals surface area contributed by atoms with Crippen LogP contribution in [0.5, 0.6) is 0 Å². The van der Waals surface area contributed by atoms with Gasteiger partial charge in [-0.3, -0.25) is 4.98 Å². The van der Waals surface area contributed by atoms with E-state index in [1.165, 1.54) is 29.5 Å². The van der Waals surface area contributed by atoms with Gasteiger partial charge in [-0.05, 0) is 92.5 Å². The van der Waals surface area contributed by atoms with Crippen molar-refractivity contribution in [2.45, 2.75) is 60.4 Å². The first-order valence-corrected chi connectivity index (χ1v) is 12.0. The predicted octanol–water partition coefficient (Wildman–Crippen LogP) is 6.59. The molecule has 1 atom stereocenters. The Morgan fingerprint density at radius 1 is 1.28 bits per heavy atom. The van der Waals surface area contributed by atoms with Gasteiger partial charge in [0.2, 0.25) is 0 Å². The van der Waals surface area contributed by atoms with Gasteiger partial charge in [0, 0.05) is 37.2 Å². The first-order chi connectivity index (χ1) is 15.4. The largest absolute Gasteiger partial charge is 0.371 e. The first-order valence-electron chi connectivity index (χ1n) is 12.0. The predicted molar refractivity (Wildman–Crippen MR) is 136 cm³/mol.